The highest BCUT2D eigenvalue weighted by atomic mass is 19.4. The van der Waals surface area contributed by atoms with Crippen LogP contribution < -0.4 is 10.6 Å². The van der Waals surface area contributed by atoms with Crippen LogP contribution in [0.25, 0.3) is 22.3 Å². The maximum atomic E-state index is 14.1. The van der Waals surface area contributed by atoms with E-state index in [1.54, 1.807) is 6.07 Å². The van der Waals surface area contributed by atoms with Gasteiger partial charge in [0.15, 0.2) is 0 Å². The zero-order valence-corrected chi connectivity index (χ0v) is 29.3. The number of nitrogens with one attached hydrogen (secondary N) is 2. The second-order valence-corrected chi connectivity index (χ2v) is 13.4. The minimum Gasteiger partial charge on any atom is -0.478 e. The van der Waals surface area contributed by atoms with Gasteiger partial charge >= 0.3 is 18.1 Å². The Morgan fingerprint density at radius 3 is 1.55 bits per heavy atom. The van der Waals surface area contributed by atoms with E-state index in [0.29, 0.717) is 36.0 Å². The van der Waals surface area contributed by atoms with Crippen molar-refractivity contribution in [3.8, 4) is 22.3 Å². The van der Waals surface area contributed by atoms with Gasteiger partial charge in [-0.3, -0.25) is 9.59 Å². The van der Waals surface area contributed by atoms with Crippen molar-refractivity contribution in [2.75, 3.05) is 5.32 Å². The third kappa shape index (κ3) is 8.48. The molecule has 0 aliphatic carbocycles. The SMILES string of the molecule is CCC(C)(CC)NC(=O)c1ccc(-c2ccc(C(=O)Nc3ccc(-c4ccc(C(C)(C)CC)cc4C(F)(F)F)cc3)c(C(=O)O)c2)cc1C(=O)O. The van der Waals surface area contributed by atoms with Crippen LogP contribution in [-0.4, -0.2) is 39.5 Å². The quantitative estimate of drug-likeness (QED) is 0.116. The van der Waals surface area contributed by atoms with Crippen LogP contribution in [0.2, 0.25) is 0 Å². The average Bonchev–Trinajstić information content (AvgIpc) is 3.10. The highest BCUT2D eigenvalue weighted by Crippen LogP contribution is 2.40. The molecule has 0 atom stereocenters. The number of carboxylic acids is 2. The summed E-state index contributed by atoms with van der Waals surface area (Å²) in [6, 6.07) is 18.2. The van der Waals surface area contributed by atoms with Gasteiger partial charge in [-0.1, -0.05) is 71.0 Å². The molecule has 2 amide bonds. The summed E-state index contributed by atoms with van der Waals surface area (Å²) in [5, 5.41) is 25.4. The highest BCUT2D eigenvalue weighted by Gasteiger charge is 2.35. The molecule has 11 heteroatoms. The molecule has 8 nitrogen and oxygen atoms in total. The summed E-state index contributed by atoms with van der Waals surface area (Å²) in [4.78, 5) is 50.7. The summed E-state index contributed by atoms with van der Waals surface area (Å²) < 4.78 is 42.4. The molecule has 0 unspecified atom stereocenters. The van der Waals surface area contributed by atoms with E-state index in [1.807, 2.05) is 41.5 Å². The number of benzene rings is 4. The molecule has 0 spiro atoms. The van der Waals surface area contributed by atoms with E-state index in [-0.39, 0.29) is 39.1 Å². The van der Waals surface area contributed by atoms with Crippen molar-refractivity contribution in [3.05, 3.63) is 112 Å². The zero-order valence-electron chi connectivity index (χ0n) is 29.3. The zero-order chi connectivity index (χ0) is 37.9. The van der Waals surface area contributed by atoms with Crippen molar-refractivity contribution < 1.29 is 42.6 Å². The number of rotatable bonds is 12. The summed E-state index contributed by atoms with van der Waals surface area (Å²) in [5.74, 6) is -4.09. The van der Waals surface area contributed by atoms with Crippen molar-refractivity contribution in [1.82, 2.24) is 5.32 Å². The fourth-order valence-electron chi connectivity index (χ4n) is 5.55. The first kappa shape index (κ1) is 38.4. The van der Waals surface area contributed by atoms with Gasteiger partial charge in [-0.2, -0.15) is 13.2 Å². The molecule has 0 fully saturated rings. The number of aromatic carboxylic acids is 2. The minimum atomic E-state index is -4.60. The largest absolute Gasteiger partial charge is 0.478 e. The molecule has 0 radical (unpaired) electrons. The predicted octanol–water partition coefficient (Wildman–Crippen LogP) is 9.68. The summed E-state index contributed by atoms with van der Waals surface area (Å²) in [6.07, 6.45) is -2.68. The maximum Gasteiger partial charge on any atom is 0.417 e. The molecule has 4 rings (SSSR count). The van der Waals surface area contributed by atoms with Crippen LogP contribution in [0.15, 0.2) is 78.9 Å². The van der Waals surface area contributed by atoms with Crippen LogP contribution in [0.1, 0.15) is 113 Å². The van der Waals surface area contributed by atoms with Gasteiger partial charge in [-0.15, -0.1) is 0 Å². The Morgan fingerprint density at radius 2 is 1.10 bits per heavy atom. The number of amides is 2. The molecule has 0 aliphatic rings. The number of anilines is 1. The maximum absolute atomic E-state index is 14.1. The van der Waals surface area contributed by atoms with Crippen molar-refractivity contribution in [1.29, 1.82) is 0 Å². The molecular formula is C40H41F3N2O6. The lowest BCUT2D eigenvalue weighted by molar-refractivity contribution is -0.137. The van der Waals surface area contributed by atoms with Gasteiger partial charge in [0, 0.05) is 11.2 Å². The molecule has 0 aromatic heterocycles. The molecule has 0 saturated heterocycles. The van der Waals surface area contributed by atoms with Crippen molar-refractivity contribution in [2.24, 2.45) is 0 Å². The lowest BCUT2D eigenvalue weighted by Gasteiger charge is -2.28. The molecular weight excluding hydrogens is 661 g/mol. The van der Waals surface area contributed by atoms with E-state index >= 15 is 0 Å². The van der Waals surface area contributed by atoms with Gasteiger partial charge in [-0.25, -0.2) is 9.59 Å². The van der Waals surface area contributed by atoms with E-state index in [2.05, 4.69) is 10.6 Å². The van der Waals surface area contributed by atoms with Crippen LogP contribution in [0, 0.1) is 0 Å². The van der Waals surface area contributed by atoms with E-state index in [1.165, 1.54) is 72.8 Å². The van der Waals surface area contributed by atoms with Gasteiger partial charge in [0.1, 0.15) is 0 Å². The fourth-order valence-corrected chi connectivity index (χ4v) is 5.55. The molecule has 0 aliphatic heterocycles. The summed E-state index contributed by atoms with van der Waals surface area (Å²) >= 11 is 0. The minimum absolute atomic E-state index is 0.0140. The molecule has 0 saturated carbocycles. The van der Waals surface area contributed by atoms with Gasteiger partial charge in [-0.05, 0) is 102 Å². The molecule has 0 bridgehead atoms. The average molecular weight is 703 g/mol. The standard InChI is InChI=1S/C40H41F3N2O6/c1-7-38(4,5)26-14-19-28(33(22-26)40(41,42)43)23-10-15-27(16-11-23)44-34(46)29-17-12-24(20-31(29)36(48)49)25-13-18-30(32(21-25)37(50)51)35(47)45-39(6,8-2)9-3/h10-22H,7-9H2,1-6H3,(H,44,46)(H,45,47)(H,48,49)(H,50,51). The Labute approximate surface area is 294 Å². The first-order chi connectivity index (χ1) is 23.8. The monoisotopic (exact) mass is 702 g/mol. The predicted molar refractivity (Wildman–Crippen MR) is 190 cm³/mol. The number of hydrogen-bond acceptors (Lipinski definition) is 4. The Morgan fingerprint density at radius 1 is 0.608 bits per heavy atom. The molecule has 268 valence electrons. The summed E-state index contributed by atoms with van der Waals surface area (Å²) in [5.41, 5.74) is -0.970. The Kier molecular flexibility index (Phi) is 11.1. The third-order valence-electron chi connectivity index (χ3n) is 9.74. The summed E-state index contributed by atoms with van der Waals surface area (Å²) in [7, 11) is 0. The van der Waals surface area contributed by atoms with E-state index < -0.39 is 46.4 Å². The van der Waals surface area contributed by atoms with Crippen molar-refractivity contribution in [2.45, 2.75) is 77.9 Å². The first-order valence-electron chi connectivity index (χ1n) is 16.5. The van der Waals surface area contributed by atoms with Gasteiger partial charge in [0.2, 0.25) is 0 Å². The molecule has 4 aromatic rings. The number of alkyl halides is 3. The number of hydrogen-bond donors (Lipinski definition) is 4. The van der Waals surface area contributed by atoms with Crippen molar-refractivity contribution in [3.63, 3.8) is 0 Å². The lowest BCUT2D eigenvalue weighted by Crippen LogP contribution is -2.45. The molecule has 51 heavy (non-hydrogen) atoms. The van der Waals surface area contributed by atoms with Crippen LogP contribution in [0.4, 0.5) is 18.9 Å². The van der Waals surface area contributed by atoms with Crippen LogP contribution in [0.3, 0.4) is 0 Å². The second kappa shape index (κ2) is 14.8. The number of carbonyl (C=O) groups excluding carboxylic acids is 2. The van der Waals surface area contributed by atoms with Crippen LogP contribution in [0.5, 0.6) is 0 Å². The Bertz CT molecular complexity index is 1980. The fraction of sp³-hybridized carbons (Fsp3) is 0.300. The summed E-state index contributed by atoms with van der Waals surface area (Å²) in [6.45, 7) is 11.4. The molecule has 4 N–H and O–H groups in total. The van der Waals surface area contributed by atoms with E-state index in [4.69, 9.17) is 0 Å². The highest BCUT2D eigenvalue weighted by molar-refractivity contribution is 6.11. The number of carboxylic acid groups (broad SMARTS) is 2. The lowest BCUT2D eigenvalue weighted by atomic mass is 9.80. The molecule has 0 heterocycles. The topological polar surface area (TPSA) is 133 Å². The van der Waals surface area contributed by atoms with E-state index in [0.717, 1.165) is 0 Å². The number of carbonyl (C=O) groups is 4. The first-order valence-corrected chi connectivity index (χ1v) is 16.5. The Hall–Kier alpha value is -5.45. The van der Waals surface area contributed by atoms with Crippen LogP contribution in [-0.2, 0) is 11.6 Å². The Balaban J connectivity index is 1.61. The van der Waals surface area contributed by atoms with Crippen molar-refractivity contribution >= 4 is 29.4 Å². The number of halogens is 3. The third-order valence-corrected chi connectivity index (χ3v) is 9.74. The van der Waals surface area contributed by atoms with Crippen LogP contribution >= 0.6 is 0 Å². The van der Waals surface area contributed by atoms with Gasteiger partial charge in [0.05, 0.1) is 27.8 Å². The van der Waals surface area contributed by atoms with Gasteiger partial charge < -0.3 is 20.8 Å². The normalized spacial score (nSPS) is 11.9. The van der Waals surface area contributed by atoms with Gasteiger partial charge in [0.25, 0.3) is 11.8 Å². The molecule has 4 aromatic carbocycles. The van der Waals surface area contributed by atoms with E-state index in [9.17, 15) is 42.6 Å². The smallest absolute Gasteiger partial charge is 0.417 e. The second-order valence-electron chi connectivity index (χ2n) is 13.4.